The van der Waals surface area contributed by atoms with Gasteiger partial charge in [0.15, 0.2) is 5.82 Å². The molecule has 4 aromatic rings. The third kappa shape index (κ3) is 6.23. The van der Waals surface area contributed by atoms with Gasteiger partial charge in [0.2, 0.25) is 6.10 Å². The van der Waals surface area contributed by atoms with E-state index >= 15 is 0 Å². The van der Waals surface area contributed by atoms with E-state index in [9.17, 15) is 31.1 Å². The van der Waals surface area contributed by atoms with Gasteiger partial charge in [0.25, 0.3) is 0 Å². The fraction of sp³-hybridized carbons (Fsp3) is 0.174. The number of hydrogen-bond acceptors (Lipinski definition) is 6. The summed E-state index contributed by atoms with van der Waals surface area (Å²) in [7, 11) is 0. The minimum absolute atomic E-state index is 0.275. The van der Waals surface area contributed by atoms with Crippen LogP contribution in [0.2, 0.25) is 0 Å². The SMILES string of the molecule is O=C(Cc1ccc(-c2ncn(-c3ccc(OC(F)(F)F)cc3)n2)cc1)OC(c1ccoc1)C(F)(F)F. The highest BCUT2D eigenvalue weighted by molar-refractivity contribution is 5.73. The smallest absolute Gasteiger partial charge is 0.472 e. The summed E-state index contributed by atoms with van der Waals surface area (Å²) in [6.45, 7) is 0. The lowest BCUT2D eigenvalue weighted by Gasteiger charge is -2.19. The van der Waals surface area contributed by atoms with Gasteiger partial charge in [-0.3, -0.25) is 4.79 Å². The number of esters is 1. The number of hydrogen-bond donors (Lipinski definition) is 0. The molecule has 0 saturated heterocycles. The van der Waals surface area contributed by atoms with Gasteiger partial charge in [0, 0.05) is 11.1 Å². The van der Waals surface area contributed by atoms with Crippen LogP contribution in [0.4, 0.5) is 26.3 Å². The molecule has 0 amide bonds. The summed E-state index contributed by atoms with van der Waals surface area (Å²) in [5.74, 6) is -1.18. The minimum Gasteiger partial charge on any atom is -0.472 e. The number of benzene rings is 2. The first-order valence-corrected chi connectivity index (χ1v) is 10.1. The molecule has 0 spiro atoms. The second-order valence-corrected chi connectivity index (χ2v) is 7.40. The largest absolute Gasteiger partial charge is 0.573 e. The number of furan rings is 1. The summed E-state index contributed by atoms with van der Waals surface area (Å²) in [5.41, 5.74) is 1.04. The van der Waals surface area contributed by atoms with Crippen molar-refractivity contribution >= 4 is 5.97 Å². The molecule has 188 valence electrons. The number of carbonyl (C=O) groups excluding carboxylic acids is 1. The van der Waals surface area contributed by atoms with Crippen molar-refractivity contribution in [1.29, 1.82) is 0 Å². The lowest BCUT2D eigenvalue weighted by atomic mass is 10.1. The van der Waals surface area contributed by atoms with Crippen LogP contribution in [0, 0.1) is 0 Å². The quantitative estimate of drug-likeness (QED) is 0.230. The number of carbonyl (C=O) groups is 1. The average Bonchev–Trinajstić information content (AvgIpc) is 3.49. The molecule has 2 heterocycles. The van der Waals surface area contributed by atoms with Crippen LogP contribution in [0.3, 0.4) is 0 Å². The fourth-order valence-electron chi connectivity index (χ4n) is 3.18. The van der Waals surface area contributed by atoms with E-state index in [2.05, 4.69) is 24.0 Å². The first-order valence-electron chi connectivity index (χ1n) is 10.1. The fourth-order valence-corrected chi connectivity index (χ4v) is 3.18. The standard InChI is InChI=1S/C23H15F6N3O4/c24-22(25,26)20(16-9-10-34-12-16)35-19(33)11-14-1-3-15(4-2-14)21-30-13-32(31-21)17-5-7-18(8-6-17)36-23(27,28)29/h1-10,12-13,20H,11H2. The number of rotatable bonds is 7. The van der Waals surface area contributed by atoms with Crippen molar-refractivity contribution in [2.45, 2.75) is 25.1 Å². The molecule has 0 bridgehead atoms. The van der Waals surface area contributed by atoms with Crippen LogP contribution in [0.1, 0.15) is 17.2 Å². The average molecular weight is 511 g/mol. The van der Waals surface area contributed by atoms with E-state index < -0.39 is 31.0 Å². The van der Waals surface area contributed by atoms with Gasteiger partial charge in [-0.2, -0.15) is 13.2 Å². The Balaban J connectivity index is 1.40. The van der Waals surface area contributed by atoms with Gasteiger partial charge in [-0.15, -0.1) is 18.3 Å². The highest BCUT2D eigenvalue weighted by Gasteiger charge is 2.44. The third-order valence-electron chi connectivity index (χ3n) is 4.78. The lowest BCUT2D eigenvalue weighted by Crippen LogP contribution is -2.26. The maximum Gasteiger partial charge on any atom is 0.573 e. The predicted molar refractivity (Wildman–Crippen MR) is 111 cm³/mol. The first-order chi connectivity index (χ1) is 17.0. The minimum atomic E-state index is -4.81. The molecule has 2 aromatic carbocycles. The Morgan fingerprint density at radius 2 is 1.67 bits per heavy atom. The van der Waals surface area contributed by atoms with E-state index in [0.29, 0.717) is 16.8 Å². The van der Waals surface area contributed by atoms with E-state index in [1.165, 1.54) is 35.3 Å². The molecule has 36 heavy (non-hydrogen) atoms. The molecule has 0 N–H and O–H groups in total. The zero-order valence-corrected chi connectivity index (χ0v) is 18.0. The summed E-state index contributed by atoms with van der Waals surface area (Å²) < 4.78 is 91.1. The van der Waals surface area contributed by atoms with Crippen molar-refractivity contribution in [1.82, 2.24) is 14.8 Å². The molecule has 7 nitrogen and oxygen atoms in total. The van der Waals surface area contributed by atoms with E-state index in [-0.39, 0.29) is 17.1 Å². The molecule has 0 aliphatic heterocycles. The zero-order valence-electron chi connectivity index (χ0n) is 18.0. The zero-order chi connectivity index (χ0) is 25.9. The highest BCUT2D eigenvalue weighted by Crippen LogP contribution is 2.36. The van der Waals surface area contributed by atoms with Gasteiger partial charge < -0.3 is 13.9 Å². The number of halogens is 6. The van der Waals surface area contributed by atoms with Crippen molar-refractivity contribution in [3.63, 3.8) is 0 Å². The number of alkyl halides is 6. The lowest BCUT2D eigenvalue weighted by molar-refractivity contribution is -0.274. The Morgan fingerprint density at radius 3 is 2.25 bits per heavy atom. The van der Waals surface area contributed by atoms with Crippen LogP contribution >= 0.6 is 0 Å². The van der Waals surface area contributed by atoms with Crippen LogP contribution in [-0.4, -0.2) is 33.3 Å². The van der Waals surface area contributed by atoms with Gasteiger partial charge in [-0.05, 0) is 35.9 Å². The molecule has 2 aromatic heterocycles. The van der Waals surface area contributed by atoms with Gasteiger partial charge in [-0.1, -0.05) is 24.3 Å². The van der Waals surface area contributed by atoms with Crippen LogP contribution in [-0.2, 0) is 16.0 Å². The topological polar surface area (TPSA) is 79.4 Å². The molecular weight excluding hydrogens is 496 g/mol. The molecule has 1 unspecified atom stereocenters. The molecule has 0 saturated carbocycles. The number of aromatic nitrogens is 3. The van der Waals surface area contributed by atoms with Gasteiger partial charge in [-0.25, -0.2) is 9.67 Å². The van der Waals surface area contributed by atoms with E-state index in [1.54, 1.807) is 12.1 Å². The second kappa shape index (κ2) is 9.76. The molecule has 1 atom stereocenters. The summed E-state index contributed by atoms with van der Waals surface area (Å²) in [5, 5.41) is 4.26. The van der Waals surface area contributed by atoms with Crippen LogP contribution in [0.15, 0.2) is 77.9 Å². The van der Waals surface area contributed by atoms with Gasteiger partial charge in [0.05, 0.1) is 24.6 Å². The van der Waals surface area contributed by atoms with E-state index in [0.717, 1.165) is 30.7 Å². The number of ether oxygens (including phenoxy) is 2. The highest BCUT2D eigenvalue weighted by atomic mass is 19.4. The Kier molecular flexibility index (Phi) is 6.73. The van der Waals surface area contributed by atoms with E-state index in [4.69, 9.17) is 0 Å². The Bertz CT molecular complexity index is 1300. The van der Waals surface area contributed by atoms with Crippen molar-refractivity contribution in [3.05, 3.63) is 84.6 Å². The van der Waals surface area contributed by atoms with Gasteiger partial charge >= 0.3 is 18.5 Å². The molecule has 4 rings (SSSR count). The normalized spacial score (nSPS) is 12.8. The van der Waals surface area contributed by atoms with Crippen LogP contribution < -0.4 is 4.74 Å². The van der Waals surface area contributed by atoms with Crippen LogP contribution in [0.5, 0.6) is 5.75 Å². The van der Waals surface area contributed by atoms with Crippen molar-refractivity contribution in [2.75, 3.05) is 0 Å². The predicted octanol–water partition coefficient (Wildman–Crippen LogP) is 5.82. The Labute approximate surface area is 198 Å². The maximum atomic E-state index is 13.2. The van der Waals surface area contributed by atoms with Gasteiger partial charge in [0.1, 0.15) is 12.1 Å². The van der Waals surface area contributed by atoms with Crippen LogP contribution in [0.25, 0.3) is 17.1 Å². The molecule has 0 radical (unpaired) electrons. The summed E-state index contributed by atoms with van der Waals surface area (Å²) in [6, 6.07) is 12.2. The molecular formula is C23H15F6N3O4. The maximum absolute atomic E-state index is 13.2. The molecule has 13 heteroatoms. The summed E-state index contributed by atoms with van der Waals surface area (Å²) in [4.78, 5) is 16.3. The number of nitrogens with zero attached hydrogens (tertiary/aromatic N) is 3. The second-order valence-electron chi connectivity index (χ2n) is 7.40. The van der Waals surface area contributed by atoms with Crippen molar-refractivity contribution in [2.24, 2.45) is 0 Å². The Morgan fingerprint density at radius 1 is 0.972 bits per heavy atom. The summed E-state index contributed by atoms with van der Waals surface area (Å²) >= 11 is 0. The Hall–Kier alpha value is -4.29. The van der Waals surface area contributed by atoms with Crippen molar-refractivity contribution < 1.29 is 45.0 Å². The molecule has 0 aliphatic rings. The summed E-state index contributed by atoms with van der Waals surface area (Å²) in [6.07, 6.45) is -9.19. The first kappa shape index (κ1) is 24.8. The molecule has 0 aliphatic carbocycles. The van der Waals surface area contributed by atoms with E-state index in [1.807, 2.05) is 0 Å². The molecule has 0 fully saturated rings. The third-order valence-corrected chi connectivity index (χ3v) is 4.78. The monoisotopic (exact) mass is 511 g/mol. The van der Waals surface area contributed by atoms with Crippen molar-refractivity contribution in [3.8, 4) is 22.8 Å².